The van der Waals surface area contributed by atoms with Gasteiger partial charge in [0.15, 0.2) is 5.54 Å². The maximum atomic E-state index is 12.5. The van der Waals surface area contributed by atoms with E-state index in [1.807, 2.05) is 6.08 Å². The van der Waals surface area contributed by atoms with Gasteiger partial charge in [0.05, 0.1) is 6.61 Å². The lowest BCUT2D eigenvalue weighted by Gasteiger charge is -2.28. The van der Waals surface area contributed by atoms with E-state index in [9.17, 15) is 19.8 Å². The van der Waals surface area contributed by atoms with Gasteiger partial charge in [0, 0.05) is 12.0 Å². The van der Waals surface area contributed by atoms with Gasteiger partial charge in [-0.1, -0.05) is 101 Å². The van der Waals surface area contributed by atoms with Gasteiger partial charge in [0.1, 0.15) is 12.2 Å². The highest BCUT2D eigenvalue weighted by Gasteiger charge is 2.57. The quantitative estimate of drug-likeness (QED) is 0.167. The number of hydrogen-bond donors (Lipinski definition) is 3. The Balaban J connectivity index is 1.65. The Morgan fingerprint density at radius 1 is 0.971 bits per heavy atom. The van der Waals surface area contributed by atoms with Crippen LogP contribution in [0.3, 0.4) is 0 Å². The molecule has 34 heavy (non-hydrogen) atoms. The lowest BCUT2D eigenvalue weighted by molar-refractivity contribution is -0.147. The molecule has 1 aliphatic heterocycles. The van der Waals surface area contributed by atoms with Crippen molar-refractivity contribution in [3.05, 3.63) is 48.0 Å². The third kappa shape index (κ3) is 8.55. The van der Waals surface area contributed by atoms with Crippen molar-refractivity contribution in [3.63, 3.8) is 0 Å². The molecule has 0 unspecified atom stereocenters. The van der Waals surface area contributed by atoms with Crippen LogP contribution in [-0.4, -0.2) is 46.4 Å². The van der Waals surface area contributed by atoms with Gasteiger partial charge in [-0.15, -0.1) is 0 Å². The summed E-state index contributed by atoms with van der Waals surface area (Å²) in [6.45, 7) is 1.52. The average molecular weight is 474 g/mol. The maximum Gasteiger partial charge on any atom is 0.337 e. The first-order chi connectivity index (χ1) is 16.5. The Morgan fingerprint density at radius 2 is 1.56 bits per heavy atom. The van der Waals surface area contributed by atoms with E-state index in [-0.39, 0.29) is 0 Å². The molecular formula is C28H43NO5. The highest BCUT2D eigenvalue weighted by molar-refractivity contribution is 5.99. The van der Waals surface area contributed by atoms with E-state index < -0.39 is 36.2 Å². The molecule has 0 aliphatic carbocycles. The molecule has 0 radical (unpaired) electrons. The van der Waals surface area contributed by atoms with Crippen molar-refractivity contribution in [2.45, 2.75) is 108 Å². The number of aliphatic hydroxyl groups is 2. The van der Waals surface area contributed by atoms with Gasteiger partial charge < -0.3 is 20.3 Å². The first-order valence-corrected chi connectivity index (χ1v) is 13.1. The Bertz CT molecular complexity index is 750. The predicted molar refractivity (Wildman–Crippen MR) is 134 cm³/mol. The third-order valence-electron chi connectivity index (χ3n) is 6.61. The van der Waals surface area contributed by atoms with E-state index in [2.05, 4.69) is 18.3 Å². The van der Waals surface area contributed by atoms with Crippen LogP contribution in [0.5, 0.6) is 0 Å². The number of ether oxygens (including phenoxy) is 1. The summed E-state index contributed by atoms with van der Waals surface area (Å²) < 4.78 is 5.32. The summed E-state index contributed by atoms with van der Waals surface area (Å²) >= 11 is 0. The Morgan fingerprint density at radius 3 is 2.15 bits per heavy atom. The van der Waals surface area contributed by atoms with Gasteiger partial charge in [0.2, 0.25) is 0 Å². The molecular weight excluding hydrogens is 430 g/mol. The molecule has 1 saturated heterocycles. The topological polar surface area (TPSA) is 95.9 Å². The van der Waals surface area contributed by atoms with Crippen LogP contribution in [0.1, 0.15) is 101 Å². The van der Waals surface area contributed by atoms with Crippen molar-refractivity contribution >= 4 is 11.9 Å². The lowest BCUT2D eigenvalue weighted by Crippen LogP contribution is -2.62. The molecule has 3 N–H and O–H groups in total. The summed E-state index contributed by atoms with van der Waals surface area (Å²) in [5.41, 5.74) is -1.51. The summed E-state index contributed by atoms with van der Waals surface area (Å²) in [6, 6.07) is 8.38. The minimum atomic E-state index is -1.85. The second kappa shape index (κ2) is 15.7. The Kier molecular flexibility index (Phi) is 12.9. The monoisotopic (exact) mass is 473 g/mol. The fourth-order valence-corrected chi connectivity index (χ4v) is 4.38. The van der Waals surface area contributed by atoms with E-state index in [4.69, 9.17) is 4.74 Å². The molecule has 1 amide bonds. The van der Waals surface area contributed by atoms with E-state index in [1.54, 1.807) is 30.3 Å². The zero-order valence-electron chi connectivity index (χ0n) is 20.7. The van der Waals surface area contributed by atoms with E-state index >= 15 is 0 Å². The molecule has 1 fully saturated rings. The largest absolute Gasteiger partial charge is 0.457 e. The molecule has 2 rings (SSSR count). The molecule has 0 aromatic heterocycles. The molecule has 6 heteroatoms. The first-order valence-electron chi connectivity index (χ1n) is 13.1. The number of nitrogens with one attached hydrogen (secondary N) is 1. The molecule has 0 saturated carbocycles. The van der Waals surface area contributed by atoms with E-state index in [0.29, 0.717) is 12.0 Å². The summed E-state index contributed by atoms with van der Waals surface area (Å²) in [5, 5.41) is 23.1. The standard InChI is InChI=1S/C28H43NO5/c1-2-3-4-5-6-7-8-9-10-11-12-13-14-18-21-24-25(31)28(22-30,27(33)34-24)29-26(32)23-19-16-15-17-20-23/h14-20,24-25,30-31H,2-13,21-22H2,1H3,(H,29,32)/b18-14-/t24-,25+,28+/m1/s1. The van der Waals surface area contributed by atoms with Crippen molar-refractivity contribution < 1.29 is 24.5 Å². The number of esters is 1. The van der Waals surface area contributed by atoms with Crippen molar-refractivity contribution in [1.82, 2.24) is 5.32 Å². The number of carbonyl (C=O) groups is 2. The van der Waals surface area contributed by atoms with Gasteiger partial charge in [-0.05, 0) is 25.0 Å². The minimum Gasteiger partial charge on any atom is -0.457 e. The number of cyclic esters (lactones) is 1. The zero-order chi connectivity index (χ0) is 24.7. The number of hydrogen-bond acceptors (Lipinski definition) is 5. The number of allylic oxidation sites excluding steroid dienone is 1. The van der Waals surface area contributed by atoms with Crippen molar-refractivity contribution in [3.8, 4) is 0 Å². The smallest absolute Gasteiger partial charge is 0.337 e. The second-order valence-electron chi connectivity index (χ2n) is 9.37. The molecule has 0 bridgehead atoms. The molecule has 190 valence electrons. The highest BCUT2D eigenvalue weighted by atomic mass is 16.6. The van der Waals surface area contributed by atoms with Crippen LogP contribution in [0.15, 0.2) is 42.5 Å². The van der Waals surface area contributed by atoms with Gasteiger partial charge >= 0.3 is 5.97 Å². The van der Waals surface area contributed by atoms with Gasteiger partial charge in [0.25, 0.3) is 5.91 Å². The van der Waals surface area contributed by atoms with E-state index in [1.165, 1.54) is 64.2 Å². The summed E-state index contributed by atoms with van der Waals surface area (Å²) in [4.78, 5) is 25.0. The van der Waals surface area contributed by atoms with Crippen LogP contribution in [0.4, 0.5) is 0 Å². The number of carbonyl (C=O) groups excluding carboxylic acids is 2. The number of rotatable bonds is 17. The molecule has 1 aromatic rings. The second-order valence-corrected chi connectivity index (χ2v) is 9.37. The van der Waals surface area contributed by atoms with Gasteiger partial charge in [-0.25, -0.2) is 4.79 Å². The summed E-state index contributed by atoms with van der Waals surface area (Å²) in [7, 11) is 0. The molecule has 1 aliphatic rings. The Labute approximate surface area is 204 Å². The first kappa shape index (κ1) is 28.1. The van der Waals surface area contributed by atoms with Crippen molar-refractivity contribution in [1.29, 1.82) is 0 Å². The average Bonchev–Trinajstić information content (AvgIpc) is 3.09. The normalized spacial score (nSPS) is 22.3. The molecule has 6 nitrogen and oxygen atoms in total. The Hall–Kier alpha value is -2.18. The predicted octanol–water partition coefficient (Wildman–Crippen LogP) is 5.08. The number of benzene rings is 1. The van der Waals surface area contributed by atoms with Crippen molar-refractivity contribution in [2.24, 2.45) is 0 Å². The van der Waals surface area contributed by atoms with Crippen LogP contribution in [0.2, 0.25) is 0 Å². The highest BCUT2D eigenvalue weighted by Crippen LogP contribution is 2.29. The number of aliphatic hydroxyl groups excluding tert-OH is 2. The zero-order valence-corrected chi connectivity index (χ0v) is 20.7. The molecule has 1 aromatic carbocycles. The van der Waals surface area contributed by atoms with Gasteiger partial charge in [-0.2, -0.15) is 0 Å². The number of unbranched alkanes of at least 4 members (excludes halogenated alkanes) is 11. The van der Waals surface area contributed by atoms with Crippen molar-refractivity contribution in [2.75, 3.05) is 6.61 Å². The van der Waals surface area contributed by atoms with Gasteiger partial charge in [-0.3, -0.25) is 4.79 Å². The SMILES string of the molecule is CCCCCCCCCCCCC/C=C\C[C@H]1OC(=O)[C@@](CO)(NC(=O)c2ccccc2)[C@H]1O. The summed E-state index contributed by atoms with van der Waals surface area (Å²) in [5.74, 6) is -1.35. The van der Waals surface area contributed by atoms with Crippen LogP contribution < -0.4 is 5.32 Å². The van der Waals surface area contributed by atoms with Crippen LogP contribution in [-0.2, 0) is 9.53 Å². The maximum absolute atomic E-state index is 12.5. The third-order valence-corrected chi connectivity index (χ3v) is 6.61. The molecule has 0 spiro atoms. The molecule has 1 heterocycles. The van der Waals surface area contributed by atoms with Crippen LogP contribution >= 0.6 is 0 Å². The van der Waals surface area contributed by atoms with Crippen LogP contribution in [0.25, 0.3) is 0 Å². The van der Waals surface area contributed by atoms with Crippen LogP contribution in [0, 0.1) is 0 Å². The fourth-order valence-electron chi connectivity index (χ4n) is 4.38. The summed E-state index contributed by atoms with van der Waals surface area (Å²) in [6.07, 6.45) is 17.5. The lowest BCUT2D eigenvalue weighted by atomic mass is 9.90. The number of amides is 1. The van der Waals surface area contributed by atoms with E-state index in [0.717, 1.165) is 12.8 Å². The fraction of sp³-hybridized carbons (Fsp3) is 0.643. The molecule has 3 atom stereocenters. The minimum absolute atomic E-state index is 0.339.